The molecule has 3 aromatic rings. The molecule has 0 spiro atoms. The normalized spacial score (nSPS) is 19.6. The summed E-state index contributed by atoms with van der Waals surface area (Å²) in [5.74, 6) is -0.0251. The molecular weight excluding hydrogens is 506 g/mol. The van der Waals surface area contributed by atoms with Crippen LogP contribution in [-0.4, -0.2) is 63.0 Å². The zero-order valence-electron chi connectivity index (χ0n) is 23.3. The Balaban J connectivity index is 1.61. The van der Waals surface area contributed by atoms with Gasteiger partial charge < -0.3 is 10.4 Å². The molecule has 1 aliphatic rings. The van der Waals surface area contributed by atoms with Crippen LogP contribution in [0.4, 0.5) is 0 Å². The molecule has 2 N–H and O–H groups in total. The standard InChI is InChI=1S/C33H42ClN3O2/c1-33(2,3)35-32(39)30-20-28(34)23-37(30)24-31(38)29(19-25-13-7-4-8-14-25)36(21-26-15-9-5-10-16-26)22-27-17-11-6-12-18-27/h4-18,28-31,38H,19-24H2,1-3H3,(H,35,39)/t28-,29-,30-,31-/m0/s1. The third-order valence-corrected chi connectivity index (χ3v) is 7.55. The maximum Gasteiger partial charge on any atom is 0.237 e. The van der Waals surface area contributed by atoms with Gasteiger partial charge in [0, 0.05) is 43.1 Å². The van der Waals surface area contributed by atoms with Crippen molar-refractivity contribution in [2.75, 3.05) is 13.1 Å². The maximum absolute atomic E-state index is 13.2. The Bertz CT molecular complexity index is 1110. The van der Waals surface area contributed by atoms with Crippen molar-refractivity contribution in [3.63, 3.8) is 0 Å². The molecule has 6 heteroatoms. The van der Waals surface area contributed by atoms with E-state index in [0.29, 0.717) is 39.0 Å². The van der Waals surface area contributed by atoms with Crippen molar-refractivity contribution in [1.29, 1.82) is 0 Å². The van der Waals surface area contributed by atoms with Gasteiger partial charge in [0.25, 0.3) is 0 Å². The van der Waals surface area contributed by atoms with E-state index >= 15 is 0 Å². The molecule has 39 heavy (non-hydrogen) atoms. The van der Waals surface area contributed by atoms with Gasteiger partial charge >= 0.3 is 0 Å². The van der Waals surface area contributed by atoms with Crippen molar-refractivity contribution in [3.05, 3.63) is 108 Å². The zero-order chi connectivity index (χ0) is 27.8. The Kier molecular flexibility index (Phi) is 10.2. The summed E-state index contributed by atoms with van der Waals surface area (Å²) in [6, 6.07) is 30.6. The van der Waals surface area contributed by atoms with Gasteiger partial charge in [-0.25, -0.2) is 0 Å². The highest BCUT2D eigenvalue weighted by atomic mass is 35.5. The fourth-order valence-electron chi connectivity index (χ4n) is 5.43. The number of hydrogen-bond donors (Lipinski definition) is 2. The Morgan fingerprint density at radius 2 is 1.41 bits per heavy atom. The summed E-state index contributed by atoms with van der Waals surface area (Å²) in [4.78, 5) is 17.6. The monoisotopic (exact) mass is 547 g/mol. The molecule has 5 nitrogen and oxygen atoms in total. The fraction of sp³-hybridized carbons (Fsp3) is 0.424. The first-order valence-electron chi connectivity index (χ1n) is 13.9. The number of hydrogen-bond acceptors (Lipinski definition) is 4. The number of aliphatic hydroxyl groups excluding tert-OH is 1. The number of carbonyl (C=O) groups is 1. The lowest BCUT2D eigenvalue weighted by Crippen LogP contribution is -2.54. The molecule has 0 aliphatic carbocycles. The Hall–Kier alpha value is -2.70. The average Bonchev–Trinajstić information content (AvgIpc) is 3.27. The number of aliphatic hydroxyl groups is 1. The third-order valence-electron chi connectivity index (χ3n) is 7.23. The summed E-state index contributed by atoms with van der Waals surface area (Å²) in [6.45, 7) is 8.32. The van der Waals surface area contributed by atoms with E-state index in [0.717, 1.165) is 0 Å². The number of halogens is 1. The van der Waals surface area contributed by atoms with Crippen molar-refractivity contribution in [3.8, 4) is 0 Å². The minimum atomic E-state index is -0.690. The smallest absolute Gasteiger partial charge is 0.237 e. The lowest BCUT2D eigenvalue weighted by Gasteiger charge is -2.38. The number of nitrogens with one attached hydrogen (secondary N) is 1. The quantitative estimate of drug-likeness (QED) is 0.322. The van der Waals surface area contributed by atoms with E-state index in [-0.39, 0.29) is 28.9 Å². The van der Waals surface area contributed by atoms with E-state index in [1.807, 2.05) is 51.1 Å². The van der Waals surface area contributed by atoms with E-state index in [2.05, 4.69) is 75.8 Å². The predicted molar refractivity (Wildman–Crippen MR) is 160 cm³/mol. The second-order valence-corrected chi connectivity index (χ2v) is 12.4. The largest absolute Gasteiger partial charge is 0.390 e. The number of amides is 1. The molecule has 0 aromatic heterocycles. The summed E-state index contributed by atoms with van der Waals surface area (Å²) in [5.41, 5.74) is 3.24. The van der Waals surface area contributed by atoms with Crippen LogP contribution in [0.5, 0.6) is 0 Å². The number of nitrogens with zero attached hydrogens (tertiary/aromatic N) is 2. The number of carbonyl (C=O) groups excluding carboxylic acids is 1. The minimum Gasteiger partial charge on any atom is -0.390 e. The zero-order valence-corrected chi connectivity index (χ0v) is 24.1. The van der Waals surface area contributed by atoms with Crippen LogP contribution < -0.4 is 5.32 Å². The fourth-order valence-corrected chi connectivity index (χ4v) is 5.77. The molecule has 1 heterocycles. The van der Waals surface area contributed by atoms with Crippen molar-refractivity contribution in [2.24, 2.45) is 0 Å². The van der Waals surface area contributed by atoms with Crippen molar-refractivity contribution < 1.29 is 9.90 Å². The molecule has 0 bridgehead atoms. The van der Waals surface area contributed by atoms with Gasteiger partial charge in [-0.1, -0.05) is 91.0 Å². The minimum absolute atomic E-state index is 0.0251. The Labute approximate surface area is 238 Å². The highest BCUT2D eigenvalue weighted by molar-refractivity contribution is 6.21. The summed E-state index contributed by atoms with van der Waals surface area (Å²) in [6.07, 6.45) is 0.584. The first-order valence-corrected chi connectivity index (χ1v) is 14.4. The van der Waals surface area contributed by atoms with E-state index in [9.17, 15) is 9.90 Å². The van der Waals surface area contributed by atoms with Crippen LogP contribution in [0.1, 0.15) is 43.9 Å². The second-order valence-electron chi connectivity index (χ2n) is 11.7. The third kappa shape index (κ3) is 8.91. The van der Waals surface area contributed by atoms with Crippen LogP contribution in [-0.2, 0) is 24.3 Å². The molecule has 4 atom stereocenters. The average molecular weight is 548 g/mol. The molecule has 3 aromatic carbocycles. The van der Waals surface area contributed by atoms with Gasteiger partial charge in [0.2, 0.25) is 5.91 Å². The molecule has 0 unspecified atom stereocenters. The molecule has 1 fully saturated rings. The summed E-state index contributed by atoms with van der Waals surface area (Å²) >= 11 is 6.57. The molecule has 4 rings (SSSR count). The highest BCUT2D eigenvalue weighted by Crippen LogP contribution is 2.26. The lowest BCUT2D eigenvalue weighted by atomic mass is 9.97. The first-order chi connectivity index (χ1) is 18.7. The summed E-state index contributed by atoms with van der Waals surface area (Å²) in [7, 11) is 0. The second kappa shape index (κ2) is 13.6. The SMILES string of the molecule is CC(C)(C)NC(=O)[C@@H]1C[C@H](Cl)CN1C[C@H](O)[C@H](Cc1ccccc1)N(Cc1ccccc1)Cc1ccccc1. The van der Waals surface area contributed by atoms with Crippen LogP contribution >= 0.6 is 11.6 Å². The van der Waals surface area contributed by atoms with Gasteiger partial charge in [0.15, 0.2) is 0 Å². The molecule has 208 valence electrons. The van der Waals surface area contributed by atoms with Crippen LogP contribution in [0.2, 0.25) is 0 Å². The van der Waals surface area contributed by atoms with Gasteiger partial charge in [0.1, 0.15) is 0 Å². The first kappa shape index (κ1) is 29.3. The lowest BCUT2D eigenvalue weighted by molar-refractivity contribution is -0.127. The molecule has 1 saturated heterocycles. The van der Waals surface area contributed by atoms with Gasteiger partial charge in [-0.15, -0.1) is 11.6 Å². The molecule has 1 aliphatic heterocycles. The summed E-state index contributed by atoms with van der Waals surface area (Å²) in [5, 5.41) is 14.9. The van der Waals surface area contributed by atoms with Crippen molar-refractivity contribution in [2.45, 2.75) is 75.8 Å². The Morgan fingerprint density at radius 1 is 0.923 bits per heavy atom. The maximum atomic E-state index is 13.2. The van der Waals surface area contributed by atoms with Crippen LogP contribution in [0, 0.1) is 0 Å². The van der Waals surface area contributed by atoms with Gasteiger partial charge in [-0.3, -0.25) is 14.6 Å². The summed E-state index contributed by atoms with van der Waals surface area (Å²) < 4.78 is 0. The number of β-amino-alcohol motifs (C(OH)–C–C–N with tert-alkyl or cyclic N) is 1. The van der Waals surface area contributed by atoms with E-state index in [1.165, 1.54) is 16.7 Å². The van der Waals surface area contributed by atoms with Gasteiger partial charge in [-0.05, 0) is 50.3 Å². The van der Waals surface area contributed by atoms with E-state index < -0.39 is 6.10 Å². The van der Waals surface area contributed by atoms with Crippen LogP contribution in [0.25, 0.3) is 0 Å². The molecule has 1 amide bonds. The number of likely N-dealkylation sites (tertiary alicyclic amines) is 1. The molecule has 0 radical (unpaired) electrons. The molecule has 0 saturated carbocycles. The molecular formula is C33H42ClN3O2. The number of rotatable bonds is 11. The van der Waals surface area contributed by atoms with E-state index in [4.69, 9.17) is 11.6 Å². The van der Waals surface area contributed by atoms with Gasteiger partial charge in [-0.2, -0.15) is 0 Å². The number of alkyl halides is 1. The van der Waals surface area contributed by atoms with E-state index in [1.54, 1.807) is 0 Å². The van der Waals surface area contributed by atoms with Crippen LogP contribution in [0.3, 0.4) is 0 Å². The van der Waals surface area contributed by atoms with Gasteiger partial charge in [0.05, 0.1) is 12.1 Å². The topological polar surface area (TPSA) is 55.8 Å². The predicted octanol–water partition coefficient (Wildman–Crippen LogP) is 5.26. The van der Waals surface area contributed by atoms with Crippen LogP contribution in [0.15, 0.2) is 91.0 Å². The number of benzene rings is 3. The highest BCUT2D eigenvalue weighted by Gasteiger charge is 2.39. The van der Waals surface area contributed by atoms with Crippen molar-refractivity contribution >= 4 is 17.5 Å². The van der Waals surface area contributed by atoms with Crippen molar-refractivity contribution in [1.82, 2.24) is 15.1 Å². The Morgan fingerprint density at radius 3 is 1.90 bits per heavy atom.